The van der Waals surface area contributed by atoms with Crippen LogP contribution < -0.4 is 5.48 Å². The van der Waals surface area contributed by atoms with E-state index in [0.29, 0.717) is 11.3 Å². The summed E-state index contributed by atoms with van der Waals surface area (Å²) in [5, 5.41) is 22.2. The first-order valence-corrected chi connectivity index (χ1v) is 5.82. The fourth-order valence-corrected chi connectivity index (χ4v) is 2.34. The van der Waals surface area contributed by atoms with Crippen molar-refractivity contribution in [2.75, 3.05) is 12.1 Å². The van der Waals surface area contributed by atoms with Gasteiger partial charge in [-0.1, -0.05) is 0 Å². The van der Waals surface area contributed by atoms with E-state index in [-0.39, 0.29) is 18.8 Å². The highest BCUT2D eigenvalue weighted by Crippen LogP contribution is 2.33. The van der Waals surface area contributed by atoms with Crippen molar-refractivity contribution in [3.05, 3.63) is 24.2 Å². The molecule has 2 aromatic rings. The largest absolute Gasteiger partial charge is 0.394 e. The van der Waals surface area contributed by atoms with Crippen LogP contribution in [0.5, 0.6) is 0 Å². The van der Waals surface area contributed by atoms with E-state index in [1.807, 2.05) is 17.6 Å². The van der Waals surface area contributed by atoms with E-state index >= 15 is 0 Å². The third-order valence-electron chi connectivity index (χ3n) is 3.23. The van der Waals surface area contributed by atoms with Crippen molar-refractivity contribution in [1.29, 1.82) is 0 Å². The average molecular weight is 250 g/mol. The second-order valence-corrected chi connectivity index (χ2v) is 4.28. The third kappa shape index (κ3) is 1.72. The van der Waals surface area contributed by atoms with Crippen LogP contribution in [0.3, 0.4) is 0 Å². The SMILES string of the molecule is OC[C@@H]1CC[C@H](c2ccc3c(NO)ncnn23)O1. The molecule has 0 aliphatic carbocycles. The van der Waals surface area contributed by atoms with Gasteiger partial charge in [0.05, 0.1) is 18.4 Å². The molecule has 0 radical (unpaired) electrons. The van der Waals surface area contributed by atoms with Crippen molar-refractivity contribution in [1.82, 2.24) is 14.6 Å². The highest BCUT2D eigenvalue weighted by Gasteiger charge is 2.28. The maximum Gasteiger partial charge on any atom is 0.177 e. The van der Waals surface area contributed by atoms with Crippen molar-refractivity contribution in [2.45, 2.75) is 25.0 Å². The number of ether oxygens (including phenoxy) is 1. The predicted molar refractivity (Wildman–Crippen MR) is 62.3 cm³/mol. The van der Waals surface area contributed by atoms with Crippen molar-refractivity contribution >= 4 is 11.3 Å². The fraction of sp³-hybridized carbons (Fsp3) is 0.455. The van der Waals surface area contributed by atoms with Crippen LogP contribution in [0.15, 0.2) is 18.5 Å². The van der Waals surface area contributed by atoms with Crippen LogP contribution in [-0.2, 0) is 4.74 Å². The minimum absolute atomic E-state index is 0.0399. The van der Waals surface area contributed by atoms with Gasteiger partial charge in [-0.2, -0.15) is 5.10 Å². The molecule has 1 aliphatic rings. The van der Waals surface area contributed by atoms with Gasteiger partial charge in [-0.05, 0) is 25.0 Å². The molecule has 0 saturated carbocycles. The van der Waals surface area contributed by atoms with Crippen LogP contribution in [0.1, 0.15) is 24.6 Å². The van der Waals surface area contributed by atoms with Gasteiger partial charge < -0.3 is 9.84 Å². The van der Waals surface area contributed by atoms with Gasteiger partial charge in [0.2, 0.25) is 0 Å². The maximum atomic E-state index is 9.08. The van der Waals surface area contributed by atoms with Crippen LogP contribution in [0.4, 0.5) is 5.82 Å². The molecule has 18 heavy (non-hydrogen) atoms. The lowest BCUT2D eigenvalue weighted by Crippen LogP contribution is -2.12. The number of hydrogen-bond donors (Lipinski definition) is 3. The monoisotopic (exact) mass is 250 g/mol. The molecule has 3 rings (SSSR count). The fourth-order valence-electron chi connectivity index (χ4n) is 2.34. The van der Waals surface area contributed by atoms with Crippen LogP contribution in [0.25, 0.3) is 5.52 Å². The Morgan fingerprint density at radius 1 is 1.44 bits per heavy atom. The van der Waals surface area contributed by atoms with E-state index in [4.69, 9.17) is 15.1 Å². The van der Waals surface area contributed by atoms with Gasteiger partial charge in [0.25, 0.3) is 0 Å². The molecule has 1 saturated heterocycles. The highest BCUT2D eigenvalue weighted by molar-refractivity contribution is 5.67. The number of anilines is 1. The normalized spacial score (nSPS) is 23.7. The summed E-state index contributed by atoms with van der Waals surface area (Å²) in [6.07, 6.45) is 2.88. The Morgan fingerprint density at radius 2 is 2.33 bits per heavy atom. The van der Waals surface area contributed by atoms with E-state index in [9.17, 15) is 0 Å². The van der Waals surface area contributed by atoms with Gasteiger partial charge in [-0.3, -0.25) is 10.7 Å². The molecule has 1 aliphatic heterocycles. The van der Waals surface area contributed by atoms with Gasteiger partial charge in [0, 0.05) is 0 Å². The molecule has 7 heteroatoms. The lowest BCUT2D eigenvalue weighted by Gasteiger charge is -2.12. The second kappa shape index (κ2) is 4.52. The summed E-state index contributed by atoms with van der Waals surface area (Å²) < 4.78 is 7.41. The number of nitrogens with zero attached hydrogens (tertiary/aromatic N) is 3. The molecule has 3 N–H and O–H groups in total. The summed E-state index contributed by atoms with van der Waals surface area (Å²) in [6.45, 7) is 0.0399. The first kappa shape index (κ1) is 11.4. The molecule has 3 heterocycles. The summed E-state index contributed by atoms with van der Waals surface area (Å²) in [7, 11) is 0. The first-order valence-electron chi connectivity index (χ1n) is 5.82. The van der Waals surface area contributed by atoms with Crippen molar-refractivity contribution < 1.29 is 15.1 Å². The number of aliphatic hydroxyl groups is 1. The number of aromatic nitrogens is 3. The van der Waals surface area contributed by atoms with Crippen LogP contribution in [0, 0.1) is 0 Å². The molecule has 0 aromatic carbocycles. The molecular weight excluding hydrogens is 236 g/mol. The molecule has 0 amide bonds. The minimum atomic E-state index is -0.0992. The van der Waals surface area contributed by atoms with Crippen molar-refractivity contribution in [3.8, 4) is 0 Å². The molecule has 0 spiro atoms. The minimum Gasteiger partial charge on any atom is -0.394 e. The van der Waals surface area contributed by atoms with Gasteiger partial charge in [0.1, 0.15) is 17.9 Å². The molecule has 7 nitrogen and oxygen atoms in total. The van der Waals surface area contributed by atoms with Crippen LogP contribution in [-0.4, -0.2) is 37.6 Å². The van der Waals surface area contributed by atoms with Gasteiger partial charge >= 0.3 is 0 Å². The van der Waals surface area contributed by atoms with Crippen molar-refractivity contribution in [2.24, 2.45) is 0 Å². The Bertz CT molecular complexity index is 556. The zero-order valence-corrected chi connectivity index (χ0v) is 9.65. The quantitative estimate of drug-likeness (QED) is 0.696. The zero-order chi connectivity index (χ0) is 12.5. The Hall–Kier alpha value is -1.70. The predicted octanol–water partition coefficient (Wildman–Crippen LogP) is 0.743. The molecule has 2 atom stereocenters. The molecule has 96 valence electrons. The van der Waals surface area contributed by atoms with Crippen LogP contribution in [0.2, 0.25) is 0 Å². The number of aliphatic hydroxyl groups excluding tert-OH is 1. The standard InChI is InChI=1S/C11H14N4O3/c16-5-7-1-4-10(18-7)8-2-3-9-11(14-17)12-6-13-15(8)9/h2-3,6-7,10,16-17H,1,4-5H2,(H,12,13,14)/t7-,10+/m0/s1. The zero-order valence-electron chi connectivity index (χ0n) is 9.65. The van der Waals surface area contributed by atoms with E-state index in [0.717, 1.165) is 18.5 Å². The number of fused-ring (bicyclic) bond motifs is 1. The topological polar surface area (TPSA) is 91.9 Å². The number of nitrogens with one attached hydrogen (secondary N) is 1. The van der Waals surface area contributed by atoms with E-state index in [1.165, 1.54) is 6.33 Å². The maximum absolute atomic E-state index is 9.08. The number of rotatable bonds is 3. The summed E-state index contributed by atoms with van der Waals surface area (Å²) in [4.78, 5) is 3.92. The van der Waals surface area contributed by atoms with Gasteiger partial charge in [0.15, 0.2) is 5.82 Å². The molecular formula is C11H14N4O3. The molecule has 1 fully saturated rings. The Morgan fingerprint density at radius 3 is 3.06 bits per heavy atom. The average Bonchev–Trinajstić information content (AvgIpc) is 3.03. The first-order chi connectivity index (χ1) is 8.83. The Labute approximate surface area is 103 Å². The Kier molecular flexibility index (Phi) is 2.86. The third-order valence-corrected chi connectivity index (χ3v) is 3.23. The summed E-state index contributed by atoms with van der Waals surface area (Å²) in [5.74, 6) is 0.355. The molecule has 0 unspecified atom stereocenters. The molecule has 2 aromatic heterocycles. The van der Waals surface area contributed by atoms with Gasteiger partial charge in [-0.15, -0.1) is 0 Å². The summed E-state index contributed by atoms with van der Waals surface area (Å²) in [6, 6.07) is 3.72. The van der Waals surface area contributed by atoms with E-state index < -0.39 is 0 Å². The van der Waals surface area contributed by atoms with E-state index in [2.05, 4.69) is 10.1 Å². The summed E-state index contributed by atoms with van der Waals surface area (Å²) >= 11 is 0. The second-order valence-electron chi connectivity index (χ2n) is 4.28. The van der Waals surface area contributed by atoms with E-state index in [1.54, 1.807) is 4.52 Å². The van der Waals surface area contributed by atoms with Crippen molar-refractivity contribution in [3.63, 3.8) is 0 Å². The van der Waals surface area contributed by atoms with Crippen LogP contribution >= 0.6 is 0 Å². The summed E-state index contributed by atoms with van der Waals surface area (Å²) in [5.41, 5.74) is 3.63. The Balaban J connectivity index is 1.98. The lowest BCUT2D eigenvalue weighted by molar-refractivity contribution is 0.00856. The molecule has 0 bridgehead atoms. The number of hydrogen-bond acceptors (Lipinski definition) is 6. The highest BCUT2D eigenvalue weighted by atomic mass is 16.5. The smallest absolute Gasteiger partial charge is 0.177 e. The lowest BCUT2D eigenvalue weighted by atomic mass is 10.1. The van der Waals surface area contributed by atoms with Gasteiger partial charge in [-0.25, -0.2) is 9.50 Å².